The van der Waals surface area contributed by atoms with Crippen molar-refractivity contribution < 1.29 is 19.0 Å². The summed E-state index contributed by atoms with van der Waals surface area (Å²) in [7, 11) is 3.18. The van der Waals surface area contributed by atoms with Gasteiger partial charge in [0.25, 0.3) is 5.91 Å². The minimum atomic E-state index is -0.0671. The van der Waals surface area contributed by atoms with Crippen molar-refractivity contribution in [1.82, 2.24) is 15.1 Å². The quantitative estimate of drug-likeness (QED) is 0.920. The highest BCUT2D eigenvalue weighted by atomic mass is 16.5. The lowest BCUT2D eigenvalue weighted by Gasteiger charge is -2.38. The largest absolute Gasteiger partial charge is 0.493 e. The summed E-state index contributed by atoms with van der Waals surface area (Å²) in [5, 5.41) is 7.14. The number of methoxy groups -OCH3 is 2. The number of morpholine rings is 1. The molecule has 1 aliphatic rings. The molecule has 0 bridgehead atoms. The Kier molecular flexibility index (Phi) is 4.94. The van der Waals surface area contributed by atoms with Crippen LogP contribution >= 0.6 is 0 Å². The third-order valence-corrected chi connectivity index (χ3v) is 4.39. The van der Waals surface area contributed by atoms with Crippen LogP contribution in [0.3, 0.4) is 0 Å². The standard InChI is InChI=1S/C18H23N3O4/c1-11-9-25-10-12(2)21(11)18(22)15-8-14(19-20-15)13-5-6-16(23-3)17(7-13)24-4/h5-8,11-12H,9-10H2,1-4H3,(H,19,20)/t11-,12-/m0/s1. The fourth-order valence-corrected chi connectivity index (χ4v) is 3.12. The second-order valence-electron chi connectivity index (χ2n) is 6.18. The summed E-state index contributed by atoms with van der Waals surface area (Å²) in [6.07, 6.45) is 0. The van der Waals surface area contributed by atoms with Crippen LogP contribution < -0.4 is 9.47 Å². The molecule has 2 atom stereocenters. The number of nitrogens with zero attached hydrogens (tertiary/aromatic N) is 2. The predicted octanol–water partition coefficient (Wildman–Crippen LogP) is 2.34. The fraction of sp³-hybridized carbons (Fsp3) is 0.444. The van der Waals surface area contributed by atoms with Crippen molar-refractivity contribution in [2.45, 2.75) is 25.9 Å². The van der Waals surface area contributed by atoms with Gasteiger partial charge in [0.05, 0.1) is 45.2 Å². The second kappa shape index (κ2) is 7.14. The lowest BCUT2D eigenvalue weighted by atomic mass is 10.1. The van der Waals surface area contributed by atoms with Gasteiger partial charge in [-0.25, -0.2) is 0 Å². The van der Waals surface area contributed by atoms with Crippen LogP contribution in [0.1, 0.15) is 24.3 Å². The normalized spacial score (nSPS) is 20.4. The number of amides is 1. The zero-order valence-corrected chi connectivity index (χ0v) is 14.9. The van der Waals surface area contributed by atoms with Crippen molar-refractivity contribution in [3.63, 3.8) is 0 Å². The molecule has 1 aromatic heterocycles. The number of hydrogen-bond acceptors (Lipinski definition) is 5. The van der Waals surface area contributed by atoms with Crippen molar-refractivity contribution in [3.8, 4) is 22.8 Å². The molecule has 0 aliphatic carbocycles. The number of rotatable bonds is 4. The summed E-state index contributed by atoms with van der Waals surface area (Å²) in [5.74, 6) is 1.20. The Morgan fingerprint density at radius 3 is 2.48 bits per heavy atom. The number of carbonyl (C=O) groups excluding carboxylic acids is 1. The van der Waals surface area contributed by atoms with E-state index >= 15 is 0 Å². The summed E-state index contributed by atoms with van der Waals surface area (Å²) >= 11 is 0. The van der Waals surface area contributed by atoms with Gasteiger partial charge in [0, 0.05) is 5.56 Å². The maximum absolute atomic E-state index is 12.8. The maximum Gasteiger partial charge on any atom is 0.272 e. The monoisotopic (exact) mass is 345 g/mol. The SMILES string of the molecule is COc1ccc(-c2cc(C(=O)N3[C@@H](C)COC[C@@H]3C)[nH]n2)cc1OC. The van der Waals surface area contributed by atoms with Crippen LogP contribution in [0.25, 0.3) is 11.3 Å². The van der Waals surface area contributed by atoms with Gasteiger partial charge < -0.3 is 19.1 Å². The van der Waals surface area contributed by atoms with Gasteiger partial charge >= 0.3 is 0 Å². The Hall–Kier alpha value is -2.54. The first-order valence-corrected chi connectivity index (χ1v) is 8.23. The van der Waals surface area contributed by atoms with E-state index in [0.29, 0.717) is 36.1 Å². The van der Waals surface area contributed by atoms with Crippen LogP contribution in [0.2, 0.25) is 0 Å². The van der Waals surface area contributed by atoms with Gasteiger partial charge in [-0.3, -0.25) is 9.89 Å². The Morgan fingerprint density at radius 2 is 1.84 bits per heavy atom. The fourth-order valence-electron chi connectivity index (χ4n) is 3.12. The number of H-pyrrole nitrogens is 1. The summed E-state index contributed by atoms with van der Waals surface area (Å²) in [6, 6.07) is 7.36. The van der Waals surface area contributed by atoms with E-state index in [4.69, 9.17) is 14.2 Å². The molecule has 134 valence electrons. The first-order chi connectivity index (χ1) is 12.0. The first kappa shape index (κ1) is 17.3. The molecule has 0 spiro atoms. The first-order valence-electron chi connectivity index (χ1n) is 8.23. The maximum atomic E-state index is 12.8. The molecule has 1 aromatic carbocycles. The molecule has 7 heteroatoms. The third-order valence-electron chi connectivity index (χ3n) is 4.39. The number of nitrogens with one attached hydrogen (secondary N) is 1. The van der Waals surface area contributed by atoms with E-state index in [1.54, 1.807) is 20.3 Å². The molecule has 0 radical (unpaired) electrons. The molecule has 0 saturated carbocycles. The van der Waals surface area contributed by atoms with E-state index in [9.17, 15) is 4.79 Å². The van der Waals surface area contributed by atoms with Crippen molar-refractivity contribution >= 4 is 5.91 Å². The molecule has 2 heterocycles. The molecule has 1 aliphatic heterocycles. The summed E-state index contributed by atoms with van der Waals surface area (Å²) < 4.78 is 16.1. The average Bonchev–Trinajstić information content (AvgIpc) is 3.11. The van der Waals surface area contributed by atoms with E-state index in [-0.39, 0.29) is 18.0 Å². The Labute approximate surface area is 146 Å². The average molecular weight is 345 g/mol. The van der Waals surface area contributed by atoms with Gasteiger partial charge in [0.1, 0.15) is 5.69 Å². The van der Waals surface area contributed by atoms with Gasteiger partial charge in [-0.1, -0.05) is 0 Å². The van der Waals surface area contributed by atoms with Crippen LogP contribution in [0.5, 0.6) is 11.5 Å². The zero-order chi connectivity index (χ0) is 18.0. The van der Waals surface area contributed by atoms with Crippen molar-refractivity contribution in [2.75, 3.05) is 27.4 Å². The van der Waals surface area contributed by atoms with Crippen molar-refractivity contribution in [1.29, 1.82) is 0 Å². The highest BCUT2D eigenvalue weighted by Crippen LogP contribution is 2.32. The Bertz CT molecular complexity index is 749. The molecule has 1 N–H and O–H groups in total. The minimum absolute atomic E-state index is 0.0316. The van der Waals surface area contributed by atoms with Crippen molar-refractivity contribution in [3.05, 3.63) is 30.0 Å². The molecule has 1 saturated heterocycles. The zero-order valence-electron chi connectivity index (χ0n) is 14.9. The number of aromatic amines is 1. The highest BCUT2D eigenvalue weighted by Gasteiger charge is 2.31. The molecule has 1 amide bonds. The van der Waals surface area contributed by atoms with Crippen LogP contribution in [-0.2, 0) is 4.74 Å². The van der Waals surface area contributed by atoms with E-state index in [2.05, 4.69) is 10.2 Å². The molecule has 1 fully saturated rings. The summed E-state index contributed by atoms with van der Waals surface area (Å²) in [5.41, 5.74) is 1.99. The number of aromatic nitrogens is 2. The van der Waals surface area contributed by atoms with E-state index in [1.165, 1.54) is 0 Å². The van der Waals surface area contributed by atoms with Gasteiger partial charge in [-0.05, 0) is 38.1 Å². The minimum Gasteiger partial charge on any atom is -0.493 e. The van der Waals surface area contributed by atoms with E-state index in [0.717, 1.165) is 5.56 Å². The lowest BCUT2D eigenvalue weighted by molar-refractivity contribution is -0.0252. The van der Waals surface area contributed by atoms with Gasteiger partial charge in [-0.2, -0.15) is 5.10 Å². The Balaban J connectivity index is 1.86. The number of carbonyl (C=O) groups is 1. The van der Waals surface area contributed by atoms with E-state index in [1.807, 2.05) is 36.9 Å². The third kappa shape index (κ3) is 3.32. The predicted molar refractivity (Wildman–Crippen MR) is 93.0 cm³/mol. The number of ether oxygens (including phenoxy) is 3. The van der Waals surface area contributed by atoms with Crippen LogP contribution in [-0.4, -0.2) is 60.5 Å². The number of hydrogen-bond donors (Lipinski definition) is 1. The van der Waals surface area contributed by atoms with Crippen LogP contribution in [0.15, 0.2) is 24.3 Å². The molecular weight excluding hydrogens is 322 g/mol. The highest BCUT2D eigenvalue weighted by molar-refractivity contribution is 5.94. The molecular formula is C18H23N3O4. The summed E-state index contributed by atoms with van der Waals surface area (Å²) in [6.45, 7) is 5.07. The lowest BCUT2D eigenvalue weighted by Crippen LogP contribution is -2.52. The molecule has 0 unspecified atom stereocenters. The molecule has 25 heavy (non-hydrogen) atoms. The van der Waals surface area contributed by atoms with Gasteiger partial charge in [0.2, 0.25) is 0 Å². The van der Waals surface area contributed by atoms with Gasteiger partial charge in [-0.15, -0.1) is 0 Å². The molecule has 3 rings (SSSR count). The summed E-state index contributed by atoms with van der Waals surface area (Å²) in [4.78, 5) is 14.7. The molecule has 7 nitrogen and oxygen atoms in total. The van der Waals surface area contributed by atoms with Gasteiger partial charge in [0.15, 0.2) is 11.5 Å². The second-order valence-corrected chi connectivity index (χ2v) is 6.18. The molecule has 2 aromatic rings. The number of benzene rings is 1. The Morgan fingerprint density at radius 1 is 1.16 bits per heavy atom. The van der Waals surface area contributed by atoms with Crippen LogP contribution in [0.4, 0.5) is 0 Å². The van der Waals surface area contributed by atoms with Crippen molar-refractivity contribution in [2.24, 2.45) is 0 Å². The van der Waals surface area contributed by atoms with Crippen LogP contribution in [0, 0.1) is 0 Å². The van der Waals surface area contributed by atoms with E-state index < -0.39 is 0 Å². The smallest absolute Gasteiger partial charge is 0.272 e. The topological polar surface area (TPSA) is 76.7 Å².